The minimum Gasteiger partial charge on any atom is -0.302 e. The molecular weight excluding hydrogens is 90.1 g/mol. The highest BCUT2D eigenvalue weighted by molar-refractivity contribution is 5.51. The van der Waals surface area contributed by atoms with E-state index in [1.165, 1.54) is 0 Å². The van der Waals surface area contributed by atoms with E-state index in [1.54, 1.807) is 0 Å². The maximum absolute atomic E-state index is 9.73. The van der Waals surface area contributed by atoms with E-state index in [0.717, 1.165) is 12.8 Å². The number of likely N-dealkylation sites (N-methyl/N-ethyl adjacent to an activating group) is 1. The van der Waals surface area contributed by atoms with E-state index in [1.807, 2.05) is 18.9 Å². The van der Waals surface area contributed by atoms with Crippen molar-refractivity contribution in [1.82, 2.24) is 4.90 Å². The second-order valence-corrected chi connectivity index (χ2v) is 1.52. The predicted octanol–water partition coefficient (Wildman–Crippen LogP) is 0.137. The van der Waals surface area contributed by atoms with Crippen molar-refractivity contribution < 1.29 is 4.79 Å². The largest absolute Gasteiger partial charge is 0.302 e. The molecule has 0 N–H and O–H groups in total. The predicted molar refractivity (Wildman–Crippen MR) is 29.2 cm³/mol. The Morgan fingerprint density at radius 1 is 1.71 bits per heavy atom. The molecular formula is C5H11NO. The van der Waals surface area contributed by atoms with Crippen LogP contribution < -0.4 is 0 Å². The molecule has 0 fully saturated rings. The number of carbonyl (C=O) groups is 1. The van der Waals surface area contributed by atoms with Gasteiger partial charge in [0.25, 0.3) is 0 Å². The number of rotatable bonds is 3. The first-order valence-electron chi connectivity index (χ1n) is 2.43. The highest BCUT2D eigenvalue weighted by Gasteiger charge is 1.86. The molecule has 7 heavy (non-hydrogen) atoms. The van der Waals surface area contributed by atoms with Crippen molar-refractivity contribution in [1.29, 1.82) is 0 Å². The molecule has 2 heteroatoms. The van der Waals surface area contributed by atoms with Gasteiger partial charge in [-0.15, -0.1) is 0 Å². The van der Waals surface area contributed by atoms with E-state index < -0.39 is 0 Å². The summed E-state index contributed by atoms with van der Waals surface area (Å²) in [5.41, 5.74) is 0. The van der Waals surface area contributed by atoms with Gasteiger partial charge in [-0.1, -0.05) is 6.92 Å². The standard InChI is InChI=1S/C5H11NO/c1-3-6(2)4-5-7/h5H,3-4H2,1-2H3. The van der Waals surface area contributed by atoms with E-state index >= 15 is 0 Å². The van der Waals surface area contributed by atoms with Crippen LogP contribution in [0.5, 0.6) is 0 Å². The summed E-state index contributed by atoms with van der Waals surface area (Å²) in [6.45, 7) is 3.51. The van der Waals surface area contributed by atoms with Gasteiger partial charge in [0.15, 0.2) is 0 Å². The Hall–Kier alpha value is -0.370. The fourth-order valence-electron chi connectivity index (χ4n) is 0.256. The molecule has 0 saturated heterocycles. The highest BCUT2D eigenvalue weighted by Crippen LogP contribution is 1.72. The van der Waals surface area contributed by atoms with Gasteiger partial charge in [0.2, 0.25) is 0 Å². The van der Waals surface area contributed by atoms with E-state index in [0.29, 0.717) is 6.54 Å². The maximum Gasteiger partial charge on any atom is 0.133 e. The molecule has 0 rings (SSSR count). The summed E-state index contributed by atoms with van der Waals surface area (Å²) in [5, 5.41) is 0. The van der Waals surface area contributed by atoms with Gasteiger partial charge in [-0.2, -0.15) is 0 Å². The molecule has 0 aromatic rings. The zero-order valence-electron chi connectivity index (χ0n) is 4.85. The molecule has 0 heterocycles. The summed E-state index contributed by atoms with van der Waals surface area (Å²) in [4.78, 5) is 11.7. The number of carbonyl (C=O) groups excluding carboxylic acids is 1. The molecule has 0 radical (unpaired) electrons. The Kier molecular flexibility index (Phi) is 3.61. The van der Waals surface area contributed by atoms with Crippen LogP contribution in [0.15, 0.2) is 0 Å². The quantitative estimate of drug-likeness (QED) is 0.471. The Morgan fingerprint density at radius 3 is 2.43 bits per heavy atom. The van der Waals surface area contributed by atoms with Crippen LogP contribution in [-0.4, -0.2) is 31.3 Å². The minimum absolute atomic E-state index is 0.552. The van der Waals surface area contributed by atoms with Gasteiger partial charge in [0.1, 0.15) is 6.29 Å². The third-order valence-electron chi connectivity index (χ3n) is 0.926. The lowest BCUT2D eigenvalue weighted by Crippen LogP contribution is -2.19. The van der Waals surface area contributed by atoms with E-state index in [-0.39, 0.29) is 0 Å². The van der Waals surface area contributed by atoms with Crippen LogP contribution in [0.1, 0.15) is 6.92 Å². The average Bonchev–Trinajstić information content (AvgIpc) is 1.68. The lowest BCUT2D eigenvalue weighted by atomic mass is 10.6. The normalized spacial score (nSPS) is 9.57. The molecule has 2 nitrogen and oxygen atoms in total. The first-order valence-corrected chi connectivity index (χ1v) is 2.43. The zero-order chi connectivity index (χ0) is 5.70. The van der Waals surface area contributed by atoms with Crippen LogP contribution in [-0.2, 0) is 4.79 Å². The van der Waals surface area contributed by atoms with Crippen molar-refractivity contribution in [2.75, 3.05) is 20.1 Å². The lowest BCUT2D eigenvalue weighted by molar-refractivity contribution is -0.108. The zero-order valence-corrected chi connectivity index (χ0v) is 4.85. The molecule has 0 bridgehead atoms. The molecule has 0 saturated carbocycles. The molecule has 0 aliphatic heterocycles. The van der Waals surface area contributed by atoms with Crippen molar-refractivity contribution in [3.63, 3.8) is 0 Å². The molecule has 0 amide bonds. The molecule has 0 aliphatic rings. The fraction of sp³-hybridized carbons (Fsp3) is 0.800. The molecule has 0 spiro atoms. The van der Waals surface area contributed by atoms with Crippen molar-refractivity contribution in [3.05, 3.63) is 0 Å². The van der Waals surface area contributed by atoms with Crippen LogP contribution in [0.4, 0.5) is 0 Å². The second-order valence-electron chi connectivity index (χ2n) is 1.52. The third kappa shape index (κ3) is 3.46. The second kappa shape index (κ2) is 3.81. The van der Waals surface area contributed by atoms with E-state index in [4.69, 9.17) is 0 Å². The average molecular weight is 101 g/mol. The van der Waals surface area contributed by atoms with Crippen molar-refractivity contribution in [3.8, 4) is 0 Å². The molecule has 0 aromatic carbocycles. The van der Waals surface area contributed by atoms with E-state index in [2.05, 4.69) is 0 Å². The summed E-state index contributed by atoms with van der Waals surface area (Å²) in [6, 6.07) is 0. The Balaban J connectivity index is 2.98. The smallest absolute Gasteiger partial charge is 0.133 e. The first-order chi connectivity index (χ1) is 3.31. The van der Waals surface area contributed by atoms with Gasteiger partial charge < -0.3 is 4.79 Å². The number of nitrogens with zero attached hydrogens (tertiary/aromatic N) is 1. The number of hydrogen-bond donors (Lipinski definition) is 0. The Morgan fingerprint density at radius 2 is 2.29 bits per heavy atom. The van der Waals surface area contributed by atoms with Crippen LogP contribution in [0, 0.1) is 0 Å². The minimum atomic E-state index is 0.552. The topological polar surface area (TPSA) is 20.3 Å². The van der Waals surface area contributed by atoms with Gasteiger partial charge in [-0.05, 0) is 13.6 Å². The van der Waals surface area contributed by atoms with Gasteiger partial charge in [0.05, 0.1) is 6.54 Å². The Labute approximate surface area is 44.1 Å². The van der Waals surface area contributed by atoms with Crippen molar-refractivity contribution in [2.24, 2.45) is 0 Å². The summed E-state index contributed by atoms with van der Waals surface area (Å²) >= 11 is 0. The van der Waals surface area contributed by atoms with E-state index in [9.17, 15) is 4.79 Å². The molecule has 0 aliphatic carbocycles. The van der Waals surface area contributed by atoms with Crippen LogP contribution in [0.25, 0.3) is 0 Å². The van der Waals surface area contributed by atoms with Crippen molar-refractivity contribution in [2.45, 2.75) is 6.92 Å². The first kappa shape index (κ1) is 6.63. The molecule has 42 valence electrons. The molecule has 0 aromatic heterocycles. The summed E-state index contributed by atoms with van der Waals surface area (Å²) in [7, 11) is 1.91. The summed E-state index contributed by atoms with van der Waals surface area (Å²) in [5.74, 6) is 0. The Bertz CT molecular complexity index is 54.0. The van der Waals surface area contributed by atoms with Crippen LogP contribution in [0.3, 0.4) is 0 Å². The van der Waals surface area contributed by atoms with Gasteiger partial charge in [-0.3, -0.25) is 4.90 Å². The van der Waals surface area contributed by atoms with Gasteiger partial charge in [0, 0.05) is 0 Å². The highest BCUT2D eigenvalue weighted by atomic mass is 16.1. The fourth-order valence-corrected chi connectivity index (χ4v) is 0.256. The van der Waals surface area contributed by atoms with Crippen molar-refractivity contribution >= 4 is 6.29 Å². The van der Waals surface area contributed by atoms with Crippen LogP contribution in [0.2, 0.25) is 0 Å². The van der Waals surface area contributed by atoms with Gasteiger partial charge in [-0.25, -0.2) is 0 Å². The molecule has 0 atom stereocenters. The summed E-state index contributed by atoms with van der Waals surface area (Å²) in [6.07, 6.45) is 0.906. The maximum atomic E-state index is 9.73. The van der Waals surface area contributed by atoms with Gasteiger partial charge >= 0.3 is 0 Å². The number of hydrogen-bond acceptors (Lipinski definition) is 2. The summed E-state index contributed by atoms with van der Waals surface area (Å²) < 4.78 is 0. The lowest BCUT2D eigenvalue weighted by Gasteiger charge is -2.06. The molecule has 0 unspecified atom stereocenters. The number of aldehydes is 1. The van der Waals surface area contributed by atoms with Crippen LogP contribution >= 0.6 is 0 Å². The third-order valence-corrected chi connectivity index (χ3v) is 0.926. The SMILES string of the molecule is CCN(C)CC=O. The monoisotopic (exact) mass is 101 g/mol.